The van der Waals surface area contributed by atoms with Crippen LogP contribution in [0, 0.1) is 0 Å². The molecule has 27 heavy (non-hydrogen) atoms. The summed E-state index contributed by atoms with van der Waals surface area (Å²) in [6.45, 7) is 0.614. The molecule has 0 aliphatic carbocycles. The first-order valence-corrected chi connectivity index (χ1v) is 9.10. The van der Waals surface area contributed by atoms with Crippen LogP contribution in [0.15, 0.2) is 30.3 Å². The van der Waals surface area contributed by atoms with Gasteiger partial charge in [-0.25, -0.2) is 0 Å². The Bertz CT molecular complexity index is 863. The van der Waals surface area contributed by atoms with Crippen molar-refractivity contribution in [2.24, 2.45) is 0 Å². The second-order valence-corrected chi connectivity index (χ2v) is 6.76. The lowest BCUT2D eigenvalue weighted by Crippen LogP contribution is -2.28. The summed E-state index contributed by atoms with van der Waals surface area (Å²) in [6, 6.07) is 8.51. The van der Waals surface area contributed by atoms with Gasteiger partial charge in [0.2, 0.25) is 5.91 Å². The Labute approximate surface area is 166 Å². The maximum absolute atomic E-state index is 12.2. The lowest BCUT2D eigenvalue weighted by molar-refractivity contribution is -0.116. The number of anilines is 1. The van der Waals surface area contributed by atoms with Crippen LogP contribution in [0.25, 0.3) is 0 Å². The van der Waals surface area contributed by atoms with E-state index >= 15 is 0 Å². The van der Waals surface area contributed by atoms with E-state index in [4.69, 9.17) is 32.7 Å². The quantitative estimate of drug-likeness (QED) is 0.714. The van der Waals surface area contributed by atoms with Crippen molar-refractivity contribution < 1.29 is 19.1 Å². The Balaban J connectivity index is 1.52. The van der Waals surface area contributed by atoms with Crippen molar-refractivity contribution in [3.05, 3.63) is 51.5 Å². The molecule has 3 rings (SSSR count). The van der Waals surface area contributed by atoms with E-state index in [0.29, 0.717) is 43.1 Å². The number of fused-ring (bicyclic) bond motifs is 1. The van der Waals surface area contributed by atoms with Crippen LogP contribution >= 0.6 is 23.2 Å². The fourth-order valence-electron chi connectivity index (χ4n) is 2.77. The van der Waals surface area contributed by atoms with Crippen molar-refractivity contribution in [3.8, 4) is 11.5 Å². The van der Waals surface area contributed by atoms with Gasteiger partial charge >= 0.3 is 0 Å². The van der Waals surface area contributed by atoms with E-state index in [1.165, 1.54) is 19.2 Å². The second kappa shape index (κ2) is 8.50. The van der Waals surface area contributed by atoms with E-state index in [2.05, 4.69) is 10.6 Å². The lowest BCUT2D eigenvalue weighted by atomic mass is 10.0. The third kappa shape index (κ3) is 4.64. The van der Waals surface area contributed by atoms with Gasteiger partial charge in [0.25, 0.3) is 5.91 Å². The number of methoxy groups -OCH3 is 1. The molecule has 1 heterocycles. The summed E-state index contributed by atoms with van der Waals surface area (Å²) in [5.41, 5.74) is 2.20. The van der Waals surface area contributed by atoms with Gasteiger partial charge in [-0.2, -0.15) is 0 Å². The molecule has 0 atom stereocenters. The van der Waals surface area contributed by atoms with E-state index in [1.54, 1.807) is 6.07 Å². The first kappa shape index (κ1) is 19.3. The minimum atomic E-state index is -0.307. The van der Waals surface area contributed by atoms with Crippen molar-refractivity contribution in [1.29, 1.82) is 0 Å². The molecule has 2 N–H and O–H groups in total. The maximum Gasteiger partial charge on any atom is 0.251 e. The molecule has 2 aromatic rings. The molecular formula is C19H18Cl2N2O4. The SMILES string of the molecule is COc1c(Cl)cc(C(=O)NCCOc2ccc3c(c2)CCC(=O)N3)cc1Cl. The van der Waals surface area contributed by atoms with Crippen molar-refractivity contribution in [3.63, 3.8) is 0 Å². The maximum atomic E-state index is 12.2. The number of carbonyl (C=O) groups excluding carboxylic acids is 2. The molecule has 1 aliphatic heterocycles. The Morgan fingerprint density at radius 1 is 1.19 bits per heavy atom. The van der Waals surface area contributed by atoms with Crippen LogP contribution in [0.1, 0.15) is 22.3 Å². The van der Waals surface area contributed by atoms with E-state index < -0.39 is 0 Å². The average Bonchev–Trinajstić information content (AvgIpc) is 2.64. The number of ether oxygens (including phenoxy) is 2. The summed E-state index contributed by atoms with van der Waals surface area (Å²) in [5, 5.41) is 6.11. The molecule has 0 bridgehead atoms. The number of nitrogens with one attached hydrogen (secondary N) is 2. The van der Waals surface area contributed by atoms with Gasteiger partial charge in [-0.1, -0.05) is 23.2 Å². The smallest absolute Gasteiger partial charge is 0.251 e. The van der Waals surface area contributed by atoms with E-state index in [1.807, 2.05) is 12.1 Å². The predicted molar refractivity (Wildman–Crippen MR) is 104 cm³/mol. The van der Waals surface area contributed by atoms with Gasteiger partial charge in [0.05, 0.1) is 23.7 Å². The number of carbonyl (C=O) groups is 2. The highest BCUT2D eigenvalue weighted by molar-refractivity contribution is 6.37. The molecule has 6 nitrogen and oxygen atoms in total. The van der Waals surface area contributed by atoms with Crippen LogP contribution in [0.5, 0.6) is 11.5 Å². The van der Waals surface area contributed by atoms with Gasteiger partial charge in [-0.3, -0.25) is 9.59 Å². The van der Waals surface area contributed by atoms with Crippen molar-refractivity contribution in [2.75, 3.05) is 25.6 Å². The molecular weight excluding hydrogens is 391 g/mol. The molecule has 0 aromatic heterocycles. The summed E-state index contributed by atoms with van der Waals surface area (Å²) in [7, 11) is 1.46. The zero-order chi connectivity index (χ0) is 19.4. The Hall–Kier alpha value is -2.44. The molecule has 0 unspecified atom stereocenters. The summed E-state index contributed by atoms with van der Waals surface area (Å²) < 4.78 is 10.7. The molecule has 2 aromatic carbocycles. The topological polar surface area (TPSA) is 76.7 Å². The standard InChI is InChI=1S/C19H18Cl2N2O4/c1-26-18-14(20)9-12(10-15(18)21)19(25)22-6-7-27-13-3-4-16-11(8-13)2-5-17(24)23-16/h3-4,8-10H,2,5-7H2,1H3,(H,22,25)(H,23,24). The minimum absolute atomic E-state index is 0.0256. The highest BCUT2D eigenvalue weighted by Crippen LogP contribution is 2.33. The van der Waals surface area contributed by atoms with Crippen molar-refractivity contribution in [1.82, 2.24) is 5.32 Å². The number of benzene rings is 2. The third-order valence-corrected chi connectivity index (χ3v) is 4.65. The monoisotopic (exact) mass is 408 g/mol. The molecule has 0 radical (unpaired) electrons. The molecule has 0 spiro atoms. The second-order valence-electron chi connectivity index (χ2n) is 5.94. The predicted octanol–water partition coefficient (Wildman–Crippen LogP) is 3.70. The van der Waals surface area contributed by atoms with Gasteiger partial charge in [-0.05, 0) is 42.3 Å². The van der Waals surface area contributed by atoms with Crippen LogP contribution in [-0.2, 0) is 11.2 Å². The fraction of sp³-hybridized carbons (Fsp3) is 0.263. The Morgan fingerprint density at radius 2 is 1.93 bits per heavy atom. The normalized spacial score (nSPS) is 12.8. The summed E-state index contributed by atoms with van der Waals surface area (Å²) in [4.78, 5) is 23.6. The van der Waals surface area contributed by atoms with Gasteiger partial charge < -0.3 is 20.1 Å². The number of halogens is 2. The van der Waals surface area contributed by atoms with E-state index in [0.717, 1.165) is 11.3 Å². The number of hydrogen-bond donors (Lipinski definition) is 2. The van der Waals surface area contributed by atoms with E-state index in [9.17, 15) is 9.59 Å². The van der Waals surface area contributed by atoms with Crippen LogP contribution < -0.4 is 20.1 Å². The summed E-state index contributed by atoms with van der Waals surface area (Å²) in [6.07, 6.45) is 1.16. The zero-order valence-corrected chi connectivity index (χ0v) is 16.1. The number of amides is 2. The summed E-state index contributed by atoms with van der Waals surface area (Å²) >= 11 is 12.1. The number of aryl methyl sites for hydroxylation is 1. The van der Waals surface area contributed by atoms with Crippen molar-refractivity contribution >= 4 is 40.7 Å². The van der Waals surface area contributed by atoms with Gasteiger partial charge in [0.1, 0.15) is 12.4 Å². The van der Waals surface area contributed by atoms with Crippen LogP contribution in [0.4, 0.5) is 5.69 Å². The average molecular weight is 409 g/mol. The molecule has 2 amide bonds. The van der Waals surface area contributed by atoms with Crippen LogP contribution in [0.3, 0.4) is 0 Å². The third-order valence-electron chi connectivity index (χ3n) is 4.09. The zero-order valence-electron chi connectivity index (χ0n) is 14.6. The molecule has 0 saturated carbocycles. The minimum Gasteiger partial charge on any atom is -0.494 e. The summed E-state index contributed by atoms with van der Waals surface area (Å²) in [5.74, 6) is 0.743. The Kier molecular flexibility index (Phi) is 6.08. The highest BCUT2D eigenvalue weighted by atomic mass is 35.5. The molecule has 8 heteroatoms. The molecule has 142 valence electrons. The molecule has 1 aliphatic rings. The van der Waals surface area contributed by atoms with Crippen molar-refractivity contribution in [2.45, 2.75) is 12.8 Å². The van der Waals surface area contributed by atoms with Gasteiger partial charge in [0, 0.05) is 17.7 Å². The first-order valence-electron chi connectivity index (χ1n) is 8.34. The molecule has 0 saturated heterocycles. The largest absolute Gasteiger partial charge is 0.494 e. The van der Waals surface area contributed by atoms with Gasteiger partial charge in [-0.15, -0.1) is 0 Å². The van der Waals surface area contributed by atoms with Crippen LogP contribution in [-0.4, -0.2) is 32.1 Å². The lowest BCUT2D eigenvalue weighted by Gasteiger charge is -2.17. The molecule has 0 fully saturated rings. The fourth-order valence-corrected chi connectivity index (χ4v) is 3.41. The highest BCUT2D eigenvalue weighted by Gasteiger charge is 2.15. The first-order chi connectivity index (χ1) is 13.0. The van der Waals surface area contributed by atoms with E-state index in [-0.39, 0.29) is 21.9 Å². The number of rotatable bonds is 6. The van der Waals surface area contributed by atoms with Gasteiger partial charge in [0.15, 0.2) is 5.75 Å². The number of hydrogen-bond acceptors (Lipinski definition) is 4. The van der Waals surface area contributed by atoms with Crippen LogP contribution in [0.2, 0.25) is 10.0 Å². The Morgan fingerprint density at radius 3 is 2.63 bits per heavy atom.